The van der Waals surface area contributed by atoms with E-state index in [0.717, 1.165) is 11.3 Å². The van der Waals surface area contributed by atoms with Crippen molar-refractivity contribution >= 4 is 50.4 Å². The van der Waals surface area contributed by atoms with Crippen molar-refractivity contribution in [2.24, 2.45) is 4.99 Å². The average molecular weight is 639 g/mol. The third-order valence-electron chi connectivity index (χ3n) is 6.83. The number of carbonyl (C=O) groups is 2. The summed E-state index contributed by atoms with van der Waals surface area (Å²) >= 11 is 4.74. The van der Waals surface area contributed by atoms with Gasteiger partial charge in [-0.05, 0) is 44.5 Å². The van der Waals surface area contributed by atoms with Crippen LogP contribution in [0.4, 0.5) is 5.69 Å². The predicted octanol–water partition coefficient (Wildman–Crippen LogP) is 3.87. The van der Waals surface area contributed by atoms with E-state index in [0.29, 0.717) is 62.0 Å². The molecule has 9 nitrogen and oxygen atoms in total. The van der Waals surface area contributed by atoms with Gasteiger partial charge in [-0.1, -0.05) is 51.5 Å². The largest absolute Gasteiger partial charge is 0.493 e. The number of rotatable bonds is 8. The van der Waals surface area contributed by atoms with Crippen molar-refractivity contribution in [1.29, 1.82) is 0 Å². The van der Waals surface area contributed by atoms with Gasteiger partial charge in [0.05, 0.1) is 48.9 Å². The smallest absolute Gasteiger partial charge is 0.338 e. The second-order valence-electron chi connectivity index (χ2n) is 9.18. The highest BCUT2D eigenvalue weighted by Gasteiger charge is 2.38. The number of aromatic nitrogens is 1. The molecule has 41 heavy (non-hydrogen) atoms. The van der Waals surface area contributed by atoms with E-state index in [4.69, 9.17) is 14.2 Å². The lowest BCUT2D eigenvalue weighted by atomic mass is 9.95. The number of hydrogen-bond acceptors (Lipinski definition) is 8. The molecule has 1 amide bonds. The molecule has 0 spiro atoms. The lowest BCUT2D eigenvalue weighted by Gasteiger charge is -2.26. The molecular weight excluding hydrogens is 610 g/mol. The van der Waals surface area contributed by atoms with Crippen LogP contribution in [0.1, 0.15) is 37.9 Å². The van der Waals surface area contributed by atoms with E-state index in [1.54, 1.807) is 37.0 Å². The van der Waals surface area contributed by atoms with Crippen LogP contribution in [-0.4, -0.2) is 43.3 Å². The van der Waals surface area contributed by atoms with Gasteiger partial charge >= 0.3 is 5.97 Å². The maximum Gasteiger partial charge on any atom is 0.338 e. The summed E-state index contributed by atoms with van der Waals surface area (Å²) in [7, 11) is 1.54. The van der Waals surface area contributed by atoms with Crippen molar-refractivity contribution in [2.45, 2.75) is 26.8 Å². The number of allylic oxidation sites excluding steroid dienone is 1. The second-order valence-corrected chi connectivity index (χ2v) is 11.0. The van der Waals surface area contributed by atoms with Gasteiger partial charge in [-0.15, -0.1) is 6.58 Å². The van der Waals surface area contributed by atoms with Gasteiger partial charge in [0, 0.05) is 16.6 Å². The Kier molecular flexibility index (Phi) is 8.01. The molecule has 5 rings (SSSR count). The Morgan fingerprint density at radius 2 is 1.93 bits per heavy atom. The minimum absolute atomic E-state index is 0.148. The van der Waals surface area contributed by atoms with Gasteiger partial charge in [-0.3, -0.25) is 14.2 Å². The maximum atomic E-state index is 14.3. The molecule has 212 valence electrons. The van der Waals surface area contributed by atoms with Gasteiger partial charge in [0.25, 0.3) is 11.5 Å². The molecule has 2 aliphatic heterocycles. The predicted molar refractivity (Wildman–Crippen MR) is 160 cm³/mol. The number of esters is 1. The quantitative estimate of drug-likeness (QED) is 0.275. The molecule has 11 heteroatoms. The average Bonchev–Trinajstić information content (AvgIpc) is 3.41. The summed E-state index contributed by atoms with van der Waals surface area (Å²) in [5.41, 5.74) is 2.44. The molecule has 0 radical (unpaired) electrons. The number of benzene rings is 2. The van der Waals surface area contributed by atoms with Crippen molar-refractivity contribution in [3.63, 3.8) is 0 Å². The molecule has 2 aliphatic rings. The van der Waals surface area contributed by atoms with Crippen molar-refractivity contribution in [1.82, 2.24) is 4.57 Å². The Bertz CT molecular complexity index is 1810. The summed E-state index contributed by atoms with van der Waals surface area (Å²) in [6, 6.07) is 9.92. The summed E-state index contributed by atoms with van der Waals surface area (Å²) in [4.78, 5) is 48.0. The van der Waals surface area contributed by atoms with Crippen LogP contribution in [0.2, 0.25) is 0 Å². The van der Waals surface area contributed by atoms with Crippen molar-refractivity contribution in [3.8, 4) is 11.5 Å². The molecule has 1 aromatic heterocycles. The number of carbonyl (C=O) groups excluding carboxylic acids is 2. The zero-order valence-corrected chi connectivity index (χ0v) is 25.4. The number of fused-ring (bicyclic) bond motifs is 2. The lowest BCUT2D eigenvalue weighted by molar-refractivity contribution is -0.139. The molecule has 2 aromatic carbocycles. The second kappa shape index (κ2) is 11.5. The first-order chi connectivity index (χ1) is 19.8. The van der Waals surface area contributed by atoms with E-state index < -0.39 is 17.6 Å². The third-order valence-corrected chi connectivity index (χ3v) is 8.57. The molecule has 3 aromatic rings. The number of methoxy groups -OCH3 is 1. The van der Waals surface area contributed by atoms with Crippen LogP contribution in [0.25, 0.3) is 5.57 Å². The minimum atomic E-state index is -0.907. The highest BCUT2D eigenvalue weighted by atomic mass is 79.9. The Labute approximate surface area is 248 Å². The van der Waals surface area contributed by atoms with Crippen molar-refractivity contribution in [2.75, 3.05) is 31.8 Å². The first kappa shape index (κ1) is 28.6. The number of hydrogen-bond donors (Lipinski definition) is 0. The van der Waals surface area contributed by atoms with Crippen LogP contribution in [0.5, 0.6) is 11.5 Å². The van der Waals surface area contributed by atoms with Gasteiger partial charge < -0.3 is 19.1 Å². The molecule has 0 unspecified atom stereocenters. The van der Waals surface area contributed by atoms with Crippen LogP contribution < -0.4 is 29.3 Å². The number of thiazole rings is 1. The fraction of sp³-hybridized carbons (Fsp3) is 0.267. The minimum Gasteiger partial charge on any atom is -0.493 e. The van der Waals surface area contributed by atoms with E-state index in [1.165, 1.54) is 11.7 Å². The Hall–Kier alpha value is -3.96. The van der Waals surface area contributed by atoms with E-state index in [-0.39, 0.29) is 22.6 Å². The third kappa shape index (κ3) is 4.72. The summed E-state index contributed by atoms with van der Waals surface area (Å²) < 4.78 is 19.0. The molecule has 0 aliphatic carbocycles. The Morgan fingerprint density at radius 1 is 1.17 bits per heavy atom. The molecule has 0 saturated heterocycles. The normalized spacial score (nSPS) is 17.1. The van der Waals surface area contributed by atoms with Crippen LogP contribution in [0.15, 0.2) is 74.6 Å². The topological polar surface area (TPSA) is 99.4 Å². The highest BCUT2D eigenvalue weighted by molar-refractivity contribution is 9.10. The number of halogens is 1. The maximum absolute atomic E-state index is 14.3. The van der Waals surface area contributed by atoms with Crippen molar-refractivity contribution < 1.29 is 23.8 Å². The molecular formula is C30H28BrN3O6S. The van der Waals surface area contributed by atoms with Gasteiger partial charge in [0.2, 0.25) is 0 Å². The number of ether oxygens (including phenoxy) is 3. The van der Waals surface area contributed by atoms with Gasteiger partial charge in [-0.2, -0.15) is 0 Å². The van der Waals surface area contributed by atoms with Gasteiger partial charge in [0.1, 0.15) is 4.53 Å². The first-order valence-corrected chi connectivity index (χ1v) is 14.6. The molecule has 0 saturated carbocycles. The first-order valence-electron chi connectivity index (χ1n) is 13.0. The number of amides is 1. The molecule has 0 fully saturated rings. The fourth-order valence-corrected chi connectivity index (χ4v) is 6.81. The SMILES string of the molecule is C=CCN1C(=O)/C(=c2/sc3n(c2=O)[C@@H](c2cc(OCC)c(OC)cc2Br)C(C(=O)OCC)=C(C)N=3)c2ccccc21. The van der Waals surface area contributed by atoms with Gasteiger partial charge in [-0.25, -0.2) is 9.79 Å². The van der Waals surface area contributed by atoms with E-state index in [2.05, 4.69) is 27.5 Å². The molecule has 3 heterocycles. The zero-order chi connectivity index (χ0) is 29.4. The Morgan fingerprint density at radius 3 is 2.61 bits per heavy atom. The van der Waals surface area contributed by atoms with Crippen LogP contribution in [0.3, 0.4) is 0 Å². The monoisotopic (exact) mass is 637 g/mol. The van der Waals surface area contributed by atoms with E-state index in [1.807, 2.05) is 31.2 Å². The van der Waals surface area contributed by atoms with Crippen LogP contribution in [-0.2, 0) is 14.3 Å². The fourth-order valence-electron chi connectivity index (χ4n) is 5.13. The summed E-state index contributed by atoms with van der Waals surface area (Å²) in [6.07, 6.45) is 1.64. The summed E-state index contributed by atoms with van der Waals surface area (Å²) in [5.74, 6) is 0.0669. The number of para-hydroxylation sites is 1. The summed E-state index contributed by atoms with van der Waals surface area (Å²) in [6.45, 7) is 9.88. The van der Waals surface area contributed by atoms with Crippen LogP contribution >= 0.6 is 27.3 Å². The molecule has 0 bridgehead atoms. The molecule has 0 N–H and O–H groups in total. The van der Waals surface area contributed by atoms with Crippen molar-refractivity contribution in [3.05, 3.63) is 95.6 Å². The van der Waals surface area contributed by atoms with Crippen LogP contribution in [0, 0.1) is 0 Å². The Balaban J connectivity index is 1.84. The number of nitrogens with zero attached hydrogens (tertiary/aromatic N) is 3. The van der Waals surface area contributed by atoms with E-state index >= 15 is 0 Å². The van der Waals surface area contributed by atoms with Gasteiger partial charge in [0.15, 0.2) is 16.3 Å². The standard InChI is InChI=1S/C30H28BrN3O6S/c1-6-13-33-20-12-10-9-11-17(20)24(27(33)35)26-28(36)34-25(18-14-22(39-7-2)21(38-5)15-19(18)31)23(29(37)40-8-3)16(4)32-30(34)41-26/h6,9-12,14-15,25H,1,7-8,13H2,2-5H3/b26-24+/t25-/m0/s1. The highest BCUT2D eigenvalue weighted by Crippen LogP contribution is 2.41. The molecule has 1 atom stereocenters. The van der Waals surface area contributed by atoms with E-state index in [9.17, 15) is 14.4 Å². The summed E-state index contributed by atoms with van der Waals surface area (Å²) in [5, 5.41) is 0. The number of anilines is 1. The lowest BCUT2D eigenvalue weighted by Crippen LogP contribution is -2.41. The zero-order valence-electron chi connectivity index (χ0n) is 23.0.